The highest BCUT2D eigenvalue weighted by Gasteiger charge is 2.28. The molecule has 0 aromatic carbocycles. The first-order valence-electron chi connectivity index (χ1n) is 7.76. The molecule has 0 saturated carbocycles. The standard InChI is InChI=1S/C16H22N4OS/c1-2-20-12-15(11-18-20)16-13-22(21)10-9-19(16)8-5-14-3-6-17-7-4-14/h3-4,6-7,11-12,16H,2,5,8-10,13H2,1H3/t16-,22-/m0/s1. The molecule has 3 rings (SSSR count). The lowest BCUT2D eigenvalue weighted by Gasteiger charge is -2.34. The van der Waals surface area contributed by atoms with E-state index in [1.54, 1.807) is 0 Å². The molecule has 0 unspecified atom stereocenters. The SMILES string of the molecule is CCn1cc([C@@H]2C[S@@](=O)CCN2CCc2ccncc2)cn1. The zero-order chi connectivity index (χ0) is 15.4. The summed E-state index contributed by atoms with van der Waals surface area (Å²) in [5, 5.41) is 4.37. The molecule has 1 saturated heterocycles. The van der Waals surface area contributed by atoms with Crippen molar-refractivity contribution in [1.82, 2.24) is 19.7 Å². The summed E-state index contributed by atoms with van der Waals surface area (Å²) in [4.78, 5) is 6.50. The summed E-state index contributed by atoms with van der Waals surface area (Å²) in [6, 6.07) is 4.34. The third-order valence-electron chi connectivity index (χ3n) is 4.19. The highest BCUT2D eigenvalue weighted by Crippen LogP contribution is 2.25. The highest BCUT2D eigenvalue weighted by atomic mass is 32.2. The molecule has 1 aliphatic rings. The van der Waals surface area contributed by atoms with Crippen LogP contribution in [0.4, 0.5) is 0 Å². The number of hydrogen-bond donors (Lipinski definition) is 0. The summed E-state index contributed by atoms with van der Waals surface area (Å²) in [5.74, 6) is 1.49. The van der Waals surface area contributed by atoms with Crippen LogP contribution in [-0.2, 0) is 23.8 Å². The molecule has 2 aromatic heterocycles. The van der Waals surface area contributed by atoms with Crippen molar-refractivity contribution in [2.75, 3.05) is 24.6 Å². The van der Waals surface area contributed by atoms with Gasteiger partial charge in [0.1, 0.15) is 0 Å². The number of nitrogens with zero attached hydrogens (tertiary/aromatic N) is 4. The van der Waals surface area contributed by atoms with Crippen LogP contribution in [0.15, 0.2) is 36.9 Å². The summed E-state index contributed by atoms with van der Waals surface area (Å²) in [6.07, 6.45) is 8.68. The van der Waals surface area contributed by atoms with Crippen molar-refractivity contribution in [3.8, 4) is 0 Å². The van der Waals surface area contributed by atoms with E-state index in [1.165, 1.54) is 11.1 Å². The molecule has 5 nitrogen and oxygen atoms in total. The van der Waals surface area contributed by atoms with E-state index in [9.17, 15) is 4.21 Å². The van der Waals surface area contributed by atoms with E-state index in [2.05, 4.69) is 40.2 Å². The van der Waals surface area contributed by atoms with Crippen molar-refractivity contribution in [2.45, 2.75) is 25.9 Å². The van der Waals surface area contributed by atoms with E-state index >= 15 is 0 Å². The maximum absolute atomic E-state index is 12.0. The Morgan fingerprint density at radius 3 is 2.91 bits per heavy atom. The van der Waals surface area contributed by atoms with Crippen LogP contribution in [-0.4, -0.2) is 48.5 Å². The van der Waals surface area contributed by atoms with Crippen LogP contribution >= 0.6 is 0 Å². The molecule has 0 radical (unpaired) electrons. The molecule has 6 heteroatoms. The van der Waals surface area contributed by atoms with Gasteiger partial charge in [-0.1, -0.05) is 0 Å². The average Bonchev–Trinajstić information content (AvgIpc) is 3.03. The van der Waals surface area contributed by atoms with Crippen LogP contribution in [0, 0.1) is 0 Å². The fraction of sp³-hybridized carbons (Fsp3) is 0.500. The van der Waals surface area contributed by atoms with Crippen molar-refractivity contribution < 1.29 is 4.21 Å². The first-order chi connectivity index (χ1) is 10.8. The molecule has 0 N–H and O–H groups in total. The summed E-state index contributed by atoms with van der Waals surface area (Å²) in [6.45, 7) is 4.81. The lowest BCUT2D eigenvalue weighted by Crippen LogP contribution is -2.41. The normalized spacial score (nSPS) is 22.8. The van der Waals surface area contributed by atoms with Crippen LogP contribution in [0.2, 0.25) is 0 Å². The first kappa shape index (κ1) is 15.4. The molecule has 1 fully saturated rings. The quantitative estimate of drug-likeness (QED) is 0.841. The van der Waals surface area contributed by atoms with Gasteiger partial charge in [-0.05, 0) is 31.0 Å². The van der Waals surface area contributed by atoms with E-state index in [0.717, 1.165) is 31.8 Å². The Morgan fingerprint density at radius 1 is 1.36 bits per heavy atom. The Kier molecular flexibility index (Phi) is 5.00. The third-order valence-corrected chi connectivity index (χ3v) is 5.52. The van der Waals surface area contributed by atoms with Crippen LogP contribution in [0.3, 0.4) is 0 Å². The predicted octanol–water partition coefficient (Wildman–Crippen LogP) is 1.65. The van der Waals surface area contributed by atoms with Gasteiger partial charge in [-0.2, -0.15) is 5.10 Å². The van der Waals surface area contributed by atoms with Gasteiger partial charge in [0.2, 0.25) is 0 Å². The zero-order valence-electron chi connectivity index (χ0n) is 12.9. The van der Waals surface area contributed by atoms with Crippen molar-refractivity contribution in [1.29, 1.82) is 0 Å². The molecule has 2 aromatic rings. The number of rotatable bonds is 5. The molecule has 2 atom stereocenters. The Balaban J connectivity index is 1.71. The van der Waals surface area contributed by atoms with E-state index in [4.69, 9.17) is 0 Å². The molecule has 0 bridgehead atoms. The van der Waals surface area contributed by atoms with E-state index < -0.39 is 10.8 Å². The number of aromatic nitrogens is 3. The van der Waals surface area contributed by atoms with Gasteiger partial charge in [-0.25, -0.2) is 0 Å². The van der Waals surface area contributed by atoms with E-state index in [-0.39, 0.29) is 6.04 Å². The van der Waals surface area contributed by atoms with E-state index in [1.807, 2.05) is 23.3 Å². The second-order valence-corrected chi connectivity index (χ2v) is 7.22. The molecular formula is C16H22N4OS. The summed E-state index contributed by atoms with van der Waals surface area (Å²) >= 11 is 0. The minimum Gasteiger partial charge on any atom is -0.294 e. The Hall–Kier alpha value is -1.53. The van der Waals surface area contributed by atoms with Crippen molar-refractivity contribution >= 4 is 10.8 Å². The molecule has 0 aliphatic carbocycles. The Labute approximate surface area is 133 Å². The van der Waals surface area contributed by atoms with Gasteiger partial charge >= 0.3 is 0 Å². The minimum absolute atomic E-state index is 0.219. The van der Waals surface area contributed by atoms with Gasteiger partial charge in [0.15, 0.2) is 0 Å². The van der Waals surface area contributed by atoms with Crippen molar-refractivity contribution in [3.63, 3.8) is 0 Å². The van der Waals surface area contributed by atoms with Gasteiger partial charge < -0.3 is 0 Å². The van der Waals surface area contributed by atoms with Crippen LogP contribution in [0.5, 0.6) is 0 Å². The first-order valence-corrected chi connectivity index (χ1v) is 9.25. The maximum Gasteiger partial charge on any atom is 0.0538 e. The topological polar surface area (TPSA) is 51.0 Å². The van der Waals surface area contributed by atoms with Gasteiger partial charge in [-0.3, -0.25) is 18.8 Å². The summed E-state index contributed by atoms with van der Waals surface area (Å²) in [5.41, 5.74) is 2.48. The second-order valence-electron chi connectivity index (χ2n) is 5.60. The monoisotopic (exact) mass is 318 g/mol. The summed E-state index contributed by atoms with van der Waals surface area (Å²) in [7, 11) is -0.721. The number of aryl methyl sites for hydroxylation is 1. The number of hydrogen-bond acceptors (Lipinski definition) is 4. The summed E-state index contributed by atoms with van der Waals surface area (Å²) < 4.78 is 13.9. The molecule has 0 spiro atoms. The molecular weight excluding hydrogens is 296 g/mol. The average molecular weight is 318 g/mol. The largest absolute Gasteiger partial charge is 0.294 e. The van der Waals surface area contributed by atoms with Crippen LogP contribution in [0.1, 0.15) is 24.1 Å². The lowest BCUT2D eigenvalue weighted by molar-refractivity contribution is 0.221. The van der Waals surface area contributed by atoms with Crippen LogP contribution in [0.25, 0.3) is 0 Å². The molecule has 22 heavy (non-hydrogen) atoms. The fourth-order valence-electron chi connectivity index (χ4n) is 2.86. The van der Waals surface area contributed by atoms with Gasteiger partial charge in [0, 0.05) is 72.1 Å². The van der Waals surface area contributed by atoms with Gasteiger partial charge in [0.05, 0.1) is 6.20 Å². The second kappa shape index (κ2) is 7.15. The fourth-order valence-corrected chi connectivity index (χ4v) is 4.22. The lowest BCUT2D eigenvalue weighted by atomic mass is 10.1. The highest BCUT2D eigenvalue weighted by molar-refractivity contribution is 7.85. The smallest absolute Gasteiger partial charge is 0.0538 e. The third kappa shape index (κ3) is 3.62. The molecule has 0 amide bonds. The predicted molar refractivity (Wildman–Crippen MR) is 88.0 cm³/mol. The van der Waals surface area contributed by atoms with Crippen molar-refractivity contribution in [3.05, 3.63) is 48.0 Å². The van der Waals surface area contributed by atoms with Crippen LogP contribution < -0.4 is 0 Å². The molecule has 118 valence electrons. The van der Waals surface area contributed by atoms with Gasteiger partial charge in [-0.15, -0.1) is 0 Å². The number of pyridine rings is 1. The van der Waals surface area contributed by atoms with Crippen molar-refractivity contribution in [2.24, 2.45) is 0 Å². The van der Waals surface area contributed by atoms with Gasteiger partial charge in [0.25, 0.3) is 0 Å². The Bertz CT molecular complexity index is 628. The maximum atomic E-state index is 12.0. The van der Waals surface area contributed by atoms with E-state index in [0.29, 0.717) is 5.75 Å². The minimum atomic E-state index is -0.721. The Morgan fingerprint density at radius 2 is 2.18 bits per heavy atom. The molecule has 3 heterocycles. The molecule has 1 aliphatic heterocycles. The zero-order valence-corrected chi connectivity index (χ0v) is 13.7.